The Kier molecular flexibility index (Phi) is 6.66. The Morgan fingerprint density at radius 1 is 1.00 bits per heavy atom. The molecule has 0 bridgehead atoms. The van der Waals surface area contributed by atoms with Crippen molar-refractivity contribution in [3.05, 3.63) is 104 Å². The molecule has 8 nitrogen and oxygen atoms in total. The molecular weight excluding hydrogens is 454 g/mol. The number of nitro benzene ring substituents is 1. The van der Waals surface area contributed by atoms with Crippen LogP contribution < -0.4 is 10.2 Å². The maximum atomic E-state index is 12.1. The first kappa shape index (κ1) is 20.9. The number of benzene rings is 3. The van der Waals surface area contributed by atoms with Gasteiger partial charge in [-0.2, -0.15) is 5.10 Å². The lowest BCUT2D eigenvalue weighted by Gasteiger charge is -2.05. The van der Waals surface area contributed by atoms with E-state index in [0.717, 1.165) is 0 Å². The van der Waals surface area contributed by atoms with Crippen molar-refractivity contribution in [3.63, 3.8) is 0 Å². The lowest BCUT2D eigenvalue weighted by molar-refractivity contribution is -0.384. The molecule has 0 heterocycles. The van der Waals surface area contributed by atoms with Crippen molar-refractivity contribution in [2.24, 2.45) is 5.10 Å². The zero-order chi connectivity index (χ0) is 21.5. The second-order valence-electron chi connectivity index (χ2n) is 5.94. The summed E-state index contributed by atoms with van der Waals surface area (Å²) in [6.07, 6.45) is 1.46. The van der Waals surface area contributed by atoms with E-state index in [9.17, 15) is 19.7 Å². The van der Waals surface area contributed by atoms with Gasteiger partial charge in [-0.25, -0.2) is 10.2 Å². The van der Waals surface area contributed by atoms with E-state index in [0.29, 0.717) is 21.3 Å². The van der Waals surface area contributed by atoms with Crippen LogP contribution >= 0.6 is 15.9 Å². The fourth-order valence-electron chi connectivity index (χ4n) is 2.38. The number of esters is 1. The van der Waals surface area contributed by atoms with Crippen molar-refractivity contribution < 1.29 is 19.2 Å². The van der Waals surface area contributed by atoms with E-state index in [2.05, 4.69) is 26.5 Å². The number of hydrazone groups is 1. The maximum absolute atomic E-state index is 12.1. The highest BCUT2D eigenvalue weighted by Gasteiger charge is 2.11. The van der Waals surface area contributed by atoms with E-state index in [1.165, 1.54) is 30.5 Å². The Bertz CT molecular complexity index is 1110. The first-order chi connectivity index (χ1) is 14.4. The molecule has 0 aliphatic rings. The zero-order valence-corrected chi connectivity index (χ0v) is 16.9. The molecule has 0 spiro atoms. The van der Waals surface area contributed by atoms with Gasteiger partial charge in [-0.1, -0.05) is 12.1 Å². The molecule has 0 saturated heterocycles. The molecule has 0 fully saturated rings. The second kappa shape index (κ2) is 9.57. The summed E-state index contributed by atoms with van der Waals surface area (Å²) in [7, 11) is 0. The molecular formula is C21H14BrN3O5. The number of amides is 1. The standard InChI is InChI=1S/C21H14BrN3O5/c22-19-4-2-1-3-18(19)20(26)24-23-13-14-5-11-17(12-6-14)30-21(27)15-7-9-16(10-8-15)25(28)29/h1-13H,(H,24,26)/b23-13+. The minimum atomic E-state index is -0.632. The number of nitrogens with zero attached hydrogens (tertiary/aromatic N) is 2. The molecule has 1 N–H and O–H groups in total. The lowest BCUT2D eigenvalue weighted by Crippen LogP contribution is -2.18. The fraction of sp³-hybridized carbons (Fsp3) is 0. The lowest BCUT2D eigenvalue weighted by atomic mass is 10.2. The summed E-state index contributed by atoms with van der Waals surface area (Å²) in [5.41, 5.74) is 3.66. The van der Waals surface area contributed by atoms with Crippen molar-refractivity contribution in [2.45, 2.75) is 0 Å². The zero-order valence-electron chi connectivity index (χ0n) is 15.3. The molecule has 3 aromatic carbocycles. The smallest absolute Gasteiger partial charge is 0.343 e. The first-order valence-electron chi connectivity index (χ1n) is 8.58. The SMILES string of the molecule is O=C(Oc1ccc(/C=N/NC(=O)c2ccccc2Br)cc1)c1ccc([N+](=O)[O-])cc1. The molecule has 9 heteroatoms. The monoisotopic (exact) mass is 467 g/mol. The minimum absolute atomic E-state index is 0.109. The normalized spacial score (nSPS) is 10.6. The van der Waals surface area contributed by atoms with Crippen LogP contribution in [0, 0.1) is 10.1 Å². The summed E-state index contributed by atoms with van der Waals surface area (Å²) in [6.45, 7) is 0. The third-order valence-corrected chi connectivity index (χ3v) is 4.59. The summed E-state index contributed by atoms with van der Waals surface area (Å²) >= 11 is 3.30. The van der Waals surface area contributed by atoms with Gasteiger partial charge in [-0.05, 0) is 70.0 Å². The minimum Gasteiger partial charge on any atom is -0.423 e. The van der Waals surface area contributed by atoms with Crippen molar-refractivity contribution in [1.82, 2.24) is 5.43 Å². The number of hydrogen-bond acceptors (Lipinski definition) is 6. The Morgan fingerprint density at radius 2 is 1.67 bits per heavy atom. The molecule has 3 rings (SSSR count). The van der Waals surface area contributed by atoms with Gasteiger partial charge < -0.3 is 4.74 Å². The highest BCUT2D eigenvalue weighted by Crippen LogP contribution is 2.17. The van der Waals surface area contributed by atoms with Gasteiger partial charge in [0.2, 0.25) is 0 Å². The average molecular weight is 468 g/mol. The van der Waals surface area contributed by atoms with Crippen molar-refractivity contribution in [2.75, 3.05) is 0 Å². The summed E-state index contributed by atoms with van der Waals surface area (Å²) in [4.78, 5) is 34.3. The van der Waals surface area contributed by atoms with Crippen molar-refractivity contribution in [3.8, 4) is 5.75 Å². The molecule has 1 amide bonds. The number of nitrogens with one attached hydrogen (secondary N) is 1. The predicted octanol–water partition coefficient (Wildman–Crippen LogP) is 4.34. The Hall–Kier alpha value is -3.85. The van der Waals surface area contributed by atoms with Gasteiger partial charge in [-0.3, -0.25) is 14.9 Å². The van der Waals surface area contributed by atoms with Gasteiger partial charge in [0.05, 0.1) is 22.3 Å². The molecule has 0 aromatic heterocycles. The van der Waals surface area contributed by atoms with Crippen LogP contribution in [0.4, 0.5) is 5.69 Å². The molecule has 30 heavy (non-hydrogen) atoms. The molecule has 150 valence electrons. The van der Waals surface area contributed by atoms with E-state index in [1.807, 2.05) is 0 Å². The highest BCUT2D eigenvalue weighted by atomic mass is 79.9. The molecule has 3 aromatic rings. The topological polar surface area (TPSA) is 111 Å². The summed E-state index contributed by atoms with van der Waals surface area (Å²) in [6, 6.07) is 18.6. The van der Waals surface area contributed by atoms with Crippen LogP contribution in [0.3, 0.4) is 0 Å². The van der Waals surface area contributed by atoms with Gasteiger partial charge >= 0.3 is 5.97 Å². The van der Waals surface area contributed by atoms with Crippen LogP contribution in [-0.4, -0.2) is 23.0 Å². The Balaban J connectivity index is 1.57. The number of carbonyl (C=O) groups is 2. The number of nitro groups is 1. The van der Waals surface area contributed by atoms with E-state index < -0.39 is 10.9 Å². The van der Waals surface area contributed by atoms with Gasteiger partial charge in [0.25, 0.3) is 11.6 Å². The molecule has 0 radical (unpaired) electrons. The summed E-state index contributed by atoms with van der Waals surface area (Å²) < 4.78 is 5.91. The number of non-ortho nitro benzene ring substituents is 1. The number of carbonyl (C=O) groups excluding carboxylic acids is 2. The van der Waals surface area contributed by atoms with Gasteiger partial charge in [0.15, 0.2) is 0 Å². The number of hydrogen-bond donors (Lipinski definition) is 1. The van der Waals surface area contributed by atoms with Crippen molar-refractivity contribution >= 4 is 39.7 Å². The second-order valence-corrected chi connectivity index (χ2v) is 6.80. The molecule has 0 saturated carbocycles. The molecule has 0 aliphatic carbocycles. The maximum Gasteiger partial charge on any atom is 0.343 e. The van der Waals surface area contributed by atoms with E-state index in [-0.39, 0.29) is 17.2 Å². The summed E-state index contributed by atoms with van der Waals surface area (Å²) in [5, 5.41) is 14.6. The largest absolute Gasteiger partial charge is 0.423 e. The highest BCUT2D eigenvalue weighted by molar-refractivity contribution is 9.10. The van der Waals surface area contributed by atoms with Gasteiger partial charge in [0, 0.05) is 16.6 Å². The van der Waals surface area contributed by atoms with Crippen LogP contribution in [0.25, 0.3) is 0 Å². The van der Waals surface area contributed by atoms with E-state index in [1.54, 1.807) is 48.5 Å². The third-order valence-electron chi connectivity index (χ3n) is 3.90. The number of ether oxygens (including phenoxy) is 1. The number of rotatable bonds is 6. The van der Waals surface area contributed by atoms with Gasteiger partial charge in [0.1, 0.15) is 5.75 Å². The van der Waals surface area contributed by atoms with Crippen LogP contribution in [-0.2, 0) is 0 Å². The third kappa shape index (κ3) is 5.36. The van der Waals surface area contributed by atoms with Crippen LogP contribution in [0.15, 0.2) is 82.4 Å². The average Bonchev–Trinajstić information content (AvgIpc) is 2.75. The van der Waals surface area contributed by atoms with Crippen LogP contribution in [0.2, 0.25) is 0 Å². The Morgan fingerprint density at radius 3 is 2.30 bits per heavy atom. The first-order valence-corrected chi connectivity index (χ1v) is 9.38. The van der Waals surface area contributed by atoms with E-state index in [4.69, 9.17) is 4.74 Å². The van der Waals surface area contributed by atoms with Crippen LogP contribution in [0.1, 0.15) is 26.3 Å². The Labute approximate surface area is 179 Å². The molecule has 0 aliphatic heterocycles. The quantitative estimate of drug-likeness (QED) is 0.190. The predicted molar refractivity (Wildman–Crippen MR) is 114 cm³/mol. The van der Waals surface area contributed by atoms with Crippen LogP contribution in [0.5, 0.6) is 5.75 Å². The van der Waals surface area contributed by atoms with Gasteiger partial charge in [-0.15, -0.1) is 0 Å². The fourth-order valence-corrected chi connectivity index (χ4v) is 2.84. The molecule has 0 unspecified atom stereocenters. The number of halogens is 1. The molecule has 0 atom stereocenters. The van der Waals surface area contributed by atoms with E-state index >= 15 is 0 Å². The summed E-state index contributed by atoms with van der Waals surface area (Å²) in [5.74, 6) is -0.688. The van der Waals surface area contributed by atoms with Crippen molar-refractivity contribution in [1.29, 1.82) is 0 Å².